The van der Waals surface area contributed by atoms with Gasteiger partial charge in [-0.25, -0.2) is 0 Å². The summed E-state index contributed by atoms with van der Waals surface area (Å²) in [7, 11) is 0. The van der Waals surface area contributed by atoms with Crippen molar-refractivity contribution in [1.29, 1.82) is 0 Å². The first-order chi connectivity index (χ1) is 23.3. The van der Waals surface area contributed by atoms with Crippen LogP contribution < -0.4 is 0 Å². The van der Waals surface area contributed by atoms with Crippen molar-refractivity contribution in [3.8, 4) is 28.2 Å². The van der Waals surface area contributed by atoms with Gasteiger partial charge in [-0.05, 0) is 77.9 Å². The molecule has 0 radical (unpaired) electrons. The van der Waals surface area contributed by atoms with Gasteiger partial charge in [0.2, 0.25) is 0 Å². The van der Waals surface area contributed by atoms with Crippen LogP contribution in [-0.4, -0.2) is 13.7 Å². The molecule has 3 heteroatoms. The topological polar surface area (TPSA) is 14.8 Å². The minimum Gasteiger partial charge on any atom is -0.316 e. The Morgan fingerprint density at radius 2 is 0.872 bits per heavy atom. The summed E-state index contributed by atoms with van der Waals surface area (Å²) < 4.78 is 7.13. The maximum absolute atomic E-state index is 2.44. The van der Waals surface area contributed by atoms with E-state index in [1.54, 1.807) is 0 Å². The third-order valence-corrected chi connectivity index (χ3v) is 9.68. The fourth-order valence-corrected chi connectivity index (χ4v) is 7.57. The van der Waals surface area contributed by atoms with E-state index < -0.39 is 0 Å². The molecule has 220 valence electrons. The molecule has 3 aromatic heterocycles. The first-order valence-corrected chi connectivity index (χ1v) is 16.1. The summed E-state index contributed by atoms with van der Waals surface area (Å²) in [5.41, 5.74) is 11.9. The summed E-state index contributed by atoms with van der Waals surface area (Å²) >= 11 is 0. The largest absolute Gasteiger partial charge is 0.316 e. The Morgan fingerprint density at radius 1 is 0.298 bits per heavy atom. The highest BCUT2D eigenvalue weighted by atomic mass is 15.0. The molecule has 0 bridgehead atoms. The van der Waals surface area contributed by atoms with Crippen LogP contribution in [0.4, 0.5) is 0 Å². The molecule has 0 spiro atoms. The standard InChI is InChI=1S/C44H29N3/c1-3-11-30(12-4-1)31-19-24-37-35-15-7-9-17-41(35)46(43(37)29-31)33-20-22-34(23-21-33)47-42-18-10-8-16-36(42)38-25-26-40-39(44(38)47)27-28-45(40)32-13-5-2-6-14-32/h1-29H. The normalized spacial score (nSPS) is 11.8. The first kappa shape index (κ1) is 26.0. The van der Waals surface area contributed by atoms with Gasteiger partial charge in [0.15, 0.2) is 0 Å². The van der Waals surface area contributed by atoms with Gasteiger partial charge in [0.25, 0.3) is 0 Å². The number of hydrogen-bond donors (Lipinski definition) is 0. The van der Waals surface area contributed by atoms with Crippen molar-refractivity contribution in [1.82, 2.24) is 13.7 Å². The molecule has 3 nitrogen and oxygen atoms in total. The lowest BCUT2D eigenvalue weighted by Crippen LogP contribution is -1.98. The van der Waals surface area contributed by atoms with Gasteiger partial charge in [-0.2, -0.15) is 0 Å². The van der Waals surface area contributed by atoms with E-state index in [-0.39, 0.29) is 0 Å². The monoisotopic (exact) mass is 599 g/mol. The van der Waals surface area contributed by atoms with Crippen LogP contribution in [0, 0.1) is 0 Å². The maximum Gasteiger partial charge on any atom is 0.0635 e. The Bertz CT molecular complexity index is 2760. The van der Waals surface area contributed by atoms with Crippen molar-refractivity contribution in [3.05, 3.63) is 176 Å². The number of nitrogens with zero attached hydrogens (tertiary/aromatic N) is 3. The first-order valence-electron chi connectivity index (χ1n) is 16.1. The van der Waals surface area contributed by atoms with Crippen LogP contribution in [0.3, 0.4) is 0 Å². The van der Waals surface area contributed by atoms with E-state index in [4.69, 9.17) is 0 Å². The van der Waals surface area contributed by atoms with E-state index in [2.05, 4.69) is 190 Å². The Morgan fingerprint density at radius 3 is 1.62 bits per heavy atom. The predicted octanol–water partition coefficient (Wildman–Crippen LogP) is 11.5. The van der Waals surface area contributed by atoms with Crippen molar-refractivity contribution in [2.45, 2.75) is 0 Å². The van der Waals surface area contributed by atoms with Crippen molar-refractivity contribution in [2.75, 3.05) is 0 Å². The lowest BCUT2D eigenvalue weighted by molar-refractivity contribution is 1.13. The fourth-order valence-electron chi connectivity index (χ4n) is 7.57. The summed E-state index contributed by atoms with van der Waals surface area (Å²) in [6, 6.07) is 61.4. The number of para-hydroxylation sites is 3. The molecule has 0 aliphatic heterocycles. The zero-order valence-electron chi connectivity index (χ0n) is 25.6. The van der Waals surface area contributed by atoms with Gasteiger partial charge in [0.05, 0.1) is 27.6 Å². The summed E-state index contributed by atoms with van der Waals surface area (Å²) in [6.07, 6.45) is 2.19. The zero-order chi connectivity index (χ0) is 30.9. The van der Waals surface area contributed by atoms with Gasteiger partial charge in [-0.3, -0.25) is 0 Å². The molecular formula is C44H29N3. The number of aromatic nitrogens is 3. The highest BCUT2D eigenvalue weighted by Gasteiger charge is 2.18. The molecule has 0 aliphatic carbocycles. The second-order valence-electron chi connectivity index (χ2n) is 12.2. The van der Waals surface area contributed by atoms with Crippen LogP contribution >= 0.6 is 0 Å². The van der Waals surface area contributed by atoms with Crippen LogP contribution in [-0.2, 0) is 0 Å². The van der Waals surface area contributed by atoms with E-state index in [0.29, 0.717) is 0 Å². The SMILES string of the molecule is c1ccc(-c2ccc3c4ccccc4n(-c4ccc(-n5c6ccccc6c6ccc7c(ccn7-c7ccccc7)c65)cc4)c3c2)cc1. The van der Waals surface area contributed by atoms with Crippen molar-refractivity contribution < 1.29 is 0 Å². The van der Waals surface area contributed by atoms with E-state index >= 15 is 0 Å². The molecule has 0 saturated heterocycles. The van der Waals surface area contributed by atoms with Crippen molar-refractivity contribution in [2.24, 2.45) is 0 Å². The highest BCUT2D eigenvalue weighted by Crippen LogP contribution is 2.39. The number of benzene rings is 7. The van der Waals surface area contributed by atoms with Gasteiger partial charge in [-0.1, -0.05) is 103 Å². The van der Waals surface area contributed by atoms with Crippen LogP contribution in [0.5, 0.6) is 0 Å². The molecule has 0 N–H and O–H groups in total. The molecule has 10 rings (SSSR count). The van der Waals surface area contributed by atoms with Gasteiger partial charge >= 0.3 is 0 Å². The van der Waals surface area contributed by atoms with E-state index in [1.165, 1.54) is 65.6 Å². The lowest BCUT2D eigenvalue weighted by atomic mass is 10.0. The van der Waals surface area contributed by atoms with Gasteiger partial charge in [-0.15, -0.1) is 0 Å². The third kappa shape index (κ3) is 3.87. The second kappa shape index (κ2) is 10.1. The molecule has 0 fully saturated rings. The van der Waals surface area contributed by atoms with E-state index in [1.807, 2.05) is 0 Å². The quantitative estimate of drug-likeness (QED) is 0.191. The molecule has 3 heterocycles. The molecule has 0 amide bonds. The number of fused-ring (bicyclic) bond motifs is 8. The molecular weight excluding hydrogens is 571 g/mol. The average molecular weight is 600 g/mol. The maximum atomic E-state index is 2.44. The van der Waals surface area contributed by atoms with Crippen molar-refractivity contribution >= 4 is 54.5 Å². The lowest BCUT2D eigenvalue weighted by Gasteiger charge is -2.13. The van der Waals surface area contributed by atoms with Crippen LogP contribution in [0.2, 0.25) is 0 Å². The van der Waals surface area contributed by atoms with Gasteiger partial charge in [0, 0.05) is 50.2 Å². The number of hydrogen-bond acceptors (Lipinski definition) is 0. The molecule has 0 atom stereocenters. The molecule has 0 aliphatic rings. The minimum atomic E-state index is 1.14. The van der Waals surface area contributed by atoms with Gasteiger partial charge < -0.3 is 13.7 Å². The van der Waals surface area contributed by atoms with Crippen LogP contribution in [0.1, 0.15) is 0 Å². The Balaban J connectivity index is 1.18. The summed E-state index contributed by atoms with van der Waals surface area (Å²) in [5, 5.41) is 6.29. The smallest absolute Gasteiger partial charge is 0.0635 e. The van der Waals surface area contributed by atoms with Crippen LogP contribution in [0.15, 0.2) is 176 Å². The van der Waals surface area contributed by atoms with Gasteiger partial charge in [0.1, 0.15) is 0 Å². The zero-order valence-corrected chi connectivity index (χ0v) is 25.6. The summed E-state index contributed by atoms with van der Waals surface area (Å²) in [6.45, 7) is 0. The highest BCUT2D eigenvalue weighted by molar-refractivity contribution is 6.18. The molecule has 7 aromatic carbocycles. The molecule has 10 aromatic rings. The molecule has 0 unspecified atom stereocenters. The molecule has 0 saturated carbocycles. The van der Waals surface area contributed by atoms with E-state index in [9.17, 15) is 0 Å². The predicted molar refractivity (Wildman–Crippen MR) is 197 cm³/mol. The minimum absolute atomic E-state index is 1.14. The fraction of sp³-hybridized carbons (Fsp3) is 0. The second-order valence-corrected chi connectivity index (χ2v) is 12.2. The Kier molecular flexibility index (Phi) is 5.57. The summed E-state index contributed by atoms with van der Waals surface area (Å²) in [5.74, 6) is 0. The van der Waals surface area contributed by atoms with Crippen molar-refractivity contribution in [3.63, 3.8) is 0 Å². The van der Waals surface area contributed by atoms with Crippen LogP contribution in [0.25, 0.3) is 82.7 Å². The number of rotatable bonds is 4. The third-order valence-electron chi connectivity index (χ3n) is 9.68. The Labute approximate surface area is 271 Å². The van der Waals surface area contributed by atoms with E-state index in [0.717, 1.165) is 17.1 Å². The Hall–Kier alpha value is -6.32. The average Bonchev–Trinajstić information content (AvgIpc) is 3.82. The molecule has 47 heavy (non-hydrogen) atoms. The summed E-state index contributed by atoms with van der Waals surface area (Å²) in [4.78, 5) is 0.